The molecule has 0 spiro atoms. The van der Waals surface area contributed by atoms with Gasteiger partial charge in [-0.25, -0.2) is 14.4 Å². The predicted octanol–water partition coefficient (Wildman–Crippen LogP) is 4.12. The molecule has 2 saturated carbocycles. The van der Waals surface area contributed by atoms with Crippen LogP contribution in [0.3, 0.4) is 0 Å². The number of phenolic OH excluding ortho intramolecular Hbond substituents is 1. The van der Waals surface area contributed by atoms with E-state index in [0.717, 1.165) is 24.9 Å². The summed E-state index contributed by atoms with van der Waals surface area (Å²) >= 11 is 0. The van der Waals surface area contributed by atoms with E-state index in [1.54, 1.807) is 35.4 Å². The summed E-state index contributed by atoms with van der Waals surface area (Å²) in [4.78, 5) is 8.28. The first-order valence-corrected chi connectivity index (χ1v) is 10.2. The summed E-state index contributed by atoms with van der Waals surface area (Å²) in [6.45, 7) is 4.23. The number of hydrogen-bond acceptors (Lipinski definition) is 6. The quantitative estimate of drug-likeness (QED) is 0.698. The van der Waals surface area contributed by atoms with Crippen molar-refractivity contribution in [3.05, 3.63) is 43.1 Å². The Balaban J connectivity index is 1.34. The second kappa shape index (κ2) is 6.75. The largest absolute Gasteiger partial charge is 0.507 e. The highest BCUT2D eigenvalue weighted by atomic mass is 19.1. The molecule has 5 rings (SSSR count). The van der Waals surface area contributed by atoms with Crippen LogP contribution >= 0.6 is 0 Å². The molecule has 2 bridgehead atoms. The van der Waals surface area contributed by atoms with Crippen LogP contribution in [-0.4, -0.2) is 42.1 Å². The van der Waals surface area contributed by atoms with E-state index >= 15 is 4.39 Å². The molecule has 30 heavy (non-hydrogen) atoms. The molecule has 3 aromatic rings. The molecule has 2 fully saturated rings. The van der Waals surface area contributed by atoms with E-state index in [1.165, 1.54) is 6.20 Å². The summed E-state index contributed by atoms with van der Waals surface area (Å²) in [5.74, 6) is 0.510. The van der Waals surface area contributed by atoms with Crippen molar-refractivity contribution in [2.45, 2.75) is 51.8 Å². The second-order valence-electron chi connectivity index (χ2n) is 9.20. The zero-order valence-electron chi connectivity index (χ0n) is 17.0. The molecule has 0 radical (unpaired) electrons. The zero-order chi connectivity index (χ0) is 20.9. The number of halogens is 1. The van der Waals surface area contributed by atoms with E-state index in [0.29, 0.717) is 12.0 Å². The molecule has 0 aliphatic heterocycles. The first kappa shape index (κ1) is 19.0. The van der Waals surface area contributed by atoms with Crippen LogP contribution in [0.1, 0.15) is 39.5 Å². The van der Waals surface area contributed by atoms with Crippen molar-refractivity contribution in [3.8, 4) is 28.7 Å². The maximum absolute atomic E-state index is 15.1. The molecule has 2 heterocycles. The minimum Gasteiger partial charge on any atom is -0.507 e. The van der Waals surface area contributed by atoms with Gasteiger partial charge in [0.15, 0.2) is 5.82 Å². The minimum atomic E-state index is -1.03. The number of hydrogen-bond donors (Lipinski definition) is 1. The van der Waals surface area contributed by atoms with Crippen molar-refractivity contribution >= 4 is 0 Å². The number of imidazole rings is 1. The summed E-state index contributed by atoms with van der Waals surface area (Å²) in [5, 5.41) is 18.6. The van der Waals surface area contributed by atoms with Crippen LogP contribution in [0.2, 0.25) is 0 Å². The molecule has 156 valence electrons. The average Bonchev–Trinajstić information content (AvgIpc) is 3.34. The fourth-order valence-corrected chi connectivity index (χ4v) is 5.17. The Morgan fingerprint density at radius 3 is 2.80 bits per heavy atom. The van der Waals surface area contributed by atoms with Gasteiger partial charge >= 0.3 is 0 Å². The first-order chi connectivity index (χ1) is 14.4. The monoisotopic (exact) mass is 409 g/mol. The van der Waals surface area contributed by atoms with E-state index in [1.807, 2.05) is 13.0 Å². The Bertz CT molecular complexity index is 1060. The average molecular weight is 409 g/mol. The van der Waals surface area contributed by atoms with Crippen LogP contribution in [0.25, 0.3) is 17.1 Å². The van der Waals surface area contributed by atoms with E-state index in [9.17, 15) is 5.11 Å². The summed E-state index contributed by atoms with van der Waals surface area (Å²) < 4.78 is 22.8. The first-order valence-electron chi connectivity index (χ1n) is 10.2. The van der Waals surface area contributed by atoms with E-state index in [2.05, 4.69) is 27.1 Å². The third-order valence-electron chi connectivity index (χ3n) is 6.65. The summed E-state index contributed by atoms with van der Waals surface area (Å²) in [7, 11) is 0. The van der Waals surface area contributed by atoms with Gasteiger partial charge in [-0.15, -0.1) is 10.2 Å². The molecule has 2 aliphatic carbocycles. The lowest BCUT2D eigenvalue weighted by Gasteiger charge is -2.42. The highest BCUT2D eigenvalue weighted by Gasteiger charge is 2.56. The van der Waals surface area contributed by atoms with Gasteiger partial charge in [0, 0.05) is 23.9 Å². The number of aromatic hydroxyl groups is 1. The fourth-order valence-electron chi connectivity index (χ4n) is 5.17. The van der Waals surface area contributed by atoms with E-state index in [-0.39, 0.29) is 28.3 Å². The van der Waals surface area contributed by atoms with E-state index < -0.39 is 12.3 Å². The van der Waals surface area contributed by atoms with Gasteiger partial charge in [-0.1, -0.05) is 13.8 Å². The lowest BCUT2D eigenvalue weighted by molar-refractivity contribution is -0.0434. The predicted molar refractivity (Wildman–Crippen MR) is 108 cm³/mol. The van der Waals surface area contributed by atoms with Crippen molar-refractivity contribution in [2.24, 2.45) is 10.8 Å². The van der Waals surface area contributed by atoms with Crippen LogP contribution in [0.15, 0.2) is 43.1 Å². The Labute approximate surface area is 174 Å². The number of ether oxygens (including phenoxy) is 1. The number of alkyl halides is 1. The molecular weight excluding hydrogens is 385 g/mol. The molecule has 7 nitrogen and oxygen atoms in total. The molecule has 0 saturated heterocycles. The van der Waals surface area contributed by atoms with Gasteiger partial charge in [-0.3, -0.25) is 0 Å². The highest BCUT2D eigenvalue weighted by Crippen LogP contribution is 2.59. The molecule has 0 amide bonds. The molecule has 4 atom stereocenters. The zero-order valence-corrected chi connectivity index (χ0v) is 17.0. The smallest absolute Gasteiger partial charge is 0.252 e. The number of benzene rings is 1. The SMILES string of the molecule is C[C@@]12CC[C@@](C)(C1)[C@H](F)[C@@H](Oc1cnc(-c3ccc(-n4ccnc4)cc3O)nn1)C2. The number of rotatable bonds is 4. The van der Waals surface area contributed by atoms with Crippen molar-refractivity contribution in [3.63, 3.8) is 0 Å². The van der Waals surface area contributed by atoms with Gasteiger partial charge in [0.25, 0.3) is 5.88 Å². The Morgan fingerprint density at radius 1 is 1.23 bits per heavy atom. The Morgan fingerprint density at radius 2 is 2.10 bits per heavy atom. The van der Waals surface area contributed by atoms with Crippen molar-refractivity contribution < 1.29 is 14.2 Å². The molecular formula is C22H24FN5O2. The van der Waals surface area contributed by atoms with Gasteiger partial charge < -0.3 is 14.4 Å². The van der Waals surface area contributed by atoms with Gasteiger partial charge in [-0.05, 0) is 43.2 Å². The standard InChI is InChI=1S/C22H24FN5O2/c1-21-5-6-22(2,12-21)19(23)17(10-21)30-18-11-25-20(27-26-18)15-4-3-14(9-16(15)29)28-8-7-24-13-28/h3-4,7-9,11,13,17,19,29H,5-6,10,12H2,1-2H3/t17-,19+,21-,22-/m0/s1. The number of aromatic nitrogens is 5. The number of nitrogens with zero attached hydrogens (tertiary/aromatic N) is 5. The third kappa shape index (κ3) is 3.20. The van der Waals surface area contributed by atoms with Crippen LogP contribution in [-0.2, 0) is 0 Å². The van der Waals surface area contributed by atoms with Crippen LogP contribution < -0.4 is 4.74 Å². The summed E-state index contributed by atoms with van der Waals surface area (Å²) in [6.07, 6.45) is 8.46. The Hall–Kier alpha value is -3.03. The van der Waals surface area contributed by atoms with Gasteiger partial charge in [0.1, 0.15) is 18.0 Å². The second-order valence-corrected chi connectivity index (χ2v) is 9.20. The molecule has 1 N–H and O–H groups in total. The third-order valence-corrected chi connectivity index (χ3v) is 6.65. The summed E-state index contributed by atoms with van der Waals surface area (Å²) in [5.41, 5.74) is 1.01. The fraction of sp³-hybridized carbons (Fsp3) is 0.455. The minimum absolute atomic E-state index is 0.0326. The normalized spacial score (nSPS) is 30.4. The van der Waals surface area contributed by atoms with Gasteiger partial charge in [0.2, 0.25) is 0 Å². The van der Waals surface area contributed by atoms with Gasteiger partial charge in [-0.2, -0.15) is 0 Å². The molecule has 0 unspecified atom stereocenters. The lowest BCUT2D eigenvalue weighted by atomic mass is 9.68. The maximum atomic E-state index is 15.1. The number of phenols is 1. The molecule has 2 aromatic heterocycles. The van der Waals surface area contributed by atoms with Crippen LogP contribution in [0, 0.1) is 10.8 Å². The summed E-state index contributed by atoms with van der Waals surface area (Å²) in [6, 6.07) is 5.16. The lowest BCUT2D eigenvalue weighted by Crippen LogP contribution is -2.46. The molecule has 2 aliphatic rings. The van der Waals surface area contributed by atoms with Crippen molar-refractivity contribution in [2.75, 3.05) is 0 Å². The van der Waals surface area contributed by atoms with E-state index in [4.69, 9.17) is 4.74 Å². The Kier molecular flexibility index (Phi) is 4.27. The van der Waals surface area contributed by atoms with Crippen molar-refractivity contribution in [1.29, 1.82) is 0 Å². The van der Waals surface area contributed by atoms with Crippen molar-refractivity contribution in [1.82, 2.24) is 24.7 Å². The van der Waals surface area contributed by atoms with Gasteiger partial charge in [0.05, 0.1) is 23.8 Å². The highest BCUT2D eigenvalue weighted by molar-refractivity contribution is 5.65. The topological polar surface area (TPSA) is 86.0 Å². The maximum Gasteiger partial charge on any atom is 0.252 e. The molecule has 1 aromatic carbocycles. The van der Waals surface area contributed by atoms with Crippen LogP contribution in [0.4, 0.5) is 4.39 Å². The van der Waals surface area contributed by atoms with Crippen LogP contribution in [0.5, 0.6) is 11.6 Å². The molecule has 8 heteroatoms. The number of fused-ring (bicyclic) bond motifs is 2.